The molecule has 2 heterocycles. The maximum atomic E-state index is 5.83. The van der Waals surface area contributed by atoms with Crippen molar-refractivity contribution in [3.8, 4) is 0 Å². The zero-order valence-electron chi connectivity index (χ0n) is 12.5. The number of nitrogens with zero attached hydrogens (tertiary/aromatic N) is 4. The zero-order valence-corrected chi connectivity index (χ0v) is 12.5. The Balaban J connectivity index is 1.85. The average molecular weight is 265 g/mol. The summed E-state index contributed by atoms with van der Waals surface area (Å²) in [4.78, 5) is 5.04. The molecule has 2 rings (SSSR count). The molecule has 1 aliphatic heterocycles. The van der Waals surface area contributed by atoms with Gasteiger partial charge in [-0.2, -0.15) is 5.10 Å². The van der Waals surface area contributed by atoms with E-state index in [0.29, 0.717) is 6.04 Å². The van der Waals surface area contributed by atoms with Gasteiger partial charge in [0.05, 0.1) is 11.4 Å². The highest BCUT2D eigenvalue weighted by atomic mass is 15.3. The third kappa shape index (κ3) is 3.55. The lowest BCUT2D eigenvalue weighted by atomic mass is 10.1. The predicted octanol–water partition coefficient (Wildman–Crippen LogP) is 0.583. The van der Waals surface area contributed by atoms with Crippen LogP contribution in [0.5, 0.6) is 0 Å². The van der Waals surface area contributed by atoms with E-state index in [-0.39, 0.29) is 0 Å². The van der Waals surface area contributed by atoms with E-state index in [1.807, 2.05) is 11.7 Å². The second-order valence-electron chi connectivity index (χ2n) is 5.51. The molecule has 0 bridgehead atoms. The maximum absolute atomic E-state index is 5.83. The molecule has 1 aromatic rings. The molecule has 1 fully saturated rings. The predicted molar refractivity (Wildman–Crippen MR) is 77.9 cm³/mol. The van der Waals surface area contributed by atoms with E-state index in [0.717, 1.165) is 51.4 Å². The summed E-state index contributed by atoms with van der Waals surface area (Å²) < 4.78 is 2.00. The van der Waals surface area contributed by atoms with Crippen LogP contribution in [0.25, 0.3) is 0 Å². The molecule has 1 aliphatic rings. The molecule has 1 atom stereocenters. The molecule has 5 nitrogen and oxygen atoms in total. The maximum Gasteiger partial charge on any atom is 0.0597 e. The van der Waals surface area contributed by atoms with Crippen molar-refractivity contribution in [3.05, 3.63) is 17.5 Å². The second-order valence-corrected chi connectivity index (χ2v) is 5.51. The summed E-state index contributed by atoms with van der Waals surface area (Å²) in [7, 11) is 2.03. The van der Waals surface area contributed by atoms with Gasteiger partial charge >= 0.3 is 0 Å². The highest BCUT2D eigenvalue weighted by Gasteiger charge is 2.22. The lowest BCUT2D eigenvalue weighted by molar-refractivity contribution is 0.0912. The van der Waals surface area contributed by atoms with Crippen LogP contribution in [-0.4, -0.2) is 58.3 Å². The van der Waals surface area contributed by atoms with Crippen molar-refractivity contribution in [2.24, 2.45) is 12.8 Å². The molecule has 1 aromatic heterocycles. The molecule has 2 N–H and O–H groups in total. The summed E-state index contributed by atoms with van der Waals surface area (Å²) in [6, 6.07) is 2.74. The summed E-state index contributed by atoms with van der Waals surface area (Å²) in [6.45, 7) is 10.6. The SMILES string of the molecule is CCC(CN)N1CCN(Cc2cc(C)nn2C)CC1. The van der Waals surface area contributed by atoms with Crippen molar-refractivity contribution in [2.75, 3.05) is 32.7 Å². The van der Waals surface area contributed by atoms with Gasteiger partial charge in [-0.05, 0) is 19.4 Å². The first-order chi connectivity index (χ1) is 9.13. The minimum Gasteiger partial charge on any atom is -0.329 e. The first-order valence-corrected chi connectivity index (χ1v) is 7.30. The Hall–Kier alpha value is -0.910. The summed E-state index contributed by atoms with van der Waals surface area (Å²) >= 11 is 0. The summed E-state index contributed by atoms with van der Waals surface area (Å²) in [5.41, 5.74) is 8.23. The monoisotopic (exact) mass is 265 g/mol. The van der Waals surface area contributed by atoms with Crippen molar-refractivity contribution >= 4 is 0 Å². The average Bonchev–Trinajstić information content (AvgIpc) is 2.71. The molecular formula is C14H27N5. The molecule has 108 valence electrons. The Bertz CT molecular complexity index is 389. The fraction of sp³-hybridized carbons (Fsp3) is 0.786. The van der Waals surface area contributed by atoms with Crippen LogP contribution in [-0.2, 0) is 13.6 Å². The Kier molecular flexibility index (Phi) is 4.96. The fourth-order valence-corrected chi connectivity index (χ4v) is 2.90. The minimum absolute atomic E-state index is 0.557. The highest BCUT2D eigenvalue weighted by Crippen LogP contribution is 2.12. The molecule has 0 saturated carbocycles. The Morgan fingerprint density at radius 2 is 2.00 bits per heavy atom. The number of piperazine rings is 1. The molecule has 5 heteroatoms. The Labute approximate surface area is 116 Å². The van der Waals surface area contributed by atoms with E-state index < -0.39 is 0 Å². The van der Waals surface area contributed by atoms with Crippen LogP contribution in [0.15, 0.2) is 6.07 Å². The first-order valence-electron chi connectivity index (χ1n) is 7.30. The number of aryl methyl sites for hydroxylation is 2. The third-order valence-electron chi connectivity index (χ3n) is 4.15. The normalized spacial score (nSPS) is 19.8. The standard InChI is InChI=1S/C14H27N5/c1-4-13(10-15)19-7-5-18(6-8-19)11-14-9-12(2)16-17(14)3/h9,13H,4-8,10-11,15H2,1-3H3. The van der Waals surface area contributed by atoms with Gasteiger partial charge in [0.15, 0.2) is 0 Å². The van der Waals surface area contributed by atoms with Crippen LogP contribution in [0.2, 0.25) is 0 Å². The molecule has 1 saturated heterocycles. The van der Waals surface area contributed by atoms with Crippen LogP contribution >= 0.6 is 0 Å². The van der Waals surface area contributed by atoms with Gasteiger partial charge in [-0.3, -0.25) is 14.5 Å². The molecule has 0 aliphatic carbocycles. The molecule has 0 spiro atoms. The number of aromatic nitrogens is 2. The molecule has 19 heavy (non-hydrogen) atoms. The van der Waals surface area contributed by atoms with Crippen LogP contribution in [0, 0.1) is 6.92 Å². The van der Waals surface area contributed by atoms with Gasteiger partial charge in [0.1, 0.15) is 0 Å². The van der Waals surface area contributed by atoms with Gasteiger partial charge in [-0.1, -0.05) is 6.92 Å². The van der Waals surface area contributed by atoms with E-state index >= 15 is 0 Å². The lowest BCUT2D eigenvalue weighted by Gasteiger charge is -2.38. The quantitative estimate of drug-likeness (QED) is 0.846. The van der Waals surface area contributed by atoms with Crippen molar-refractivity contribution in [1.82, 2.24) is 19.6 Å². The Morgan fingerprint density at radius 1 is 1.32 bits per heavy atom. The number of rotatable bonds is 5. The number of hydrogen-bond acceptors (Lipinski definition) is 4. The smallest absolute Gasteiger partial charge is 0.0597 e. The van der Waals surface area contributed by atoms with Gasteiger partial charge in [0, 0.05) is 52.4 Å². The Morgan fingerprint density at radius 3 is 2.47 bits per heavy atom. The zero-order chi connectivity index (χ0) is 13.8. The van der Waals surface area contributed by atoms with Crippen molar-refractivity contribution in [2.45, 2.75) is 32.9 Å². The lowest BCUT2D eigenvalue weighted by Crippen LogP contribution is -2.51. The molecular weight excluding hydrogens is 238 g/mol. The van der Waals surface area contributed by atoms with Gasteiger partial charge in [0.25, 0.3) is 0 Å². The summed E-state index contributed by atoms with van der Waals surface area (Å²) in [5, 5.41) is 4.41. The largest absolute Gasteiger partial charge is 0.329 e. The number of nitrogens with two attached hydrogens (primary N) is 1. The topological polar surface area (TPSA) is 50.3 Å². The van der Waals surface area contributed by atoms with Gasteiger partial charge in [-0.25, -0.2) is 0 Å². The highest BCUT2D eigenvalue weighted by molar-refractivity contribution is 5.08. The first kappa shape index (κ1) is 14.5. The van der Waals surface area contributed by atoms with Crippen LogP contribution in [0.4, 0.5) is 0 Å². The van der Waals surface area contributed by atoms with Crippen molar-refractivity contribution in [1.29, 1.82) is 0 Å². The van der Waals surface area contributed by atoms with E-state index in [1.54, 1.807) is 0 Å². The van der Waals surface area contributed by atoms with Gasteiger partial charge < -0.3 is 5.73 Å². The summed E-state index contributed by atoms with van der Waals surface area (Å²) in [5.74, 6) is 0. The van der Waals surface area contributed by atoms with Gasteiger partial charge in [-0.15, -0.1) is 0 Å². The van der Waals surface area contributed by atoms with E-state index in [1.165, 1.54) is 5.69 Å². The van der Waals surface area contributed by atoms with Crippen LogP contribution in [0.1, 0.15) is 24.7 Å². The van der Waals surface area contributed by atoms with Crippen molar-refractivity contribution < 1.29 is 0 Å². The van der Waals surface area contributed by atoms with E-state index in [4.69, 9.17) is 5.73 Å². The molecule has 1 unspecified atom stereocenters. The van der Waals surface area contributed by atoms with Crippen LogP contribution < -0.4 is 5.73 Å². The fourth-order valence-electron chi connectivity index (χ4n) is 2.90. The molecule has 0 aromatic carbocycles. The van der Waals surface area contributed by atoms with E-state index in [2.05, 4.69) is 34.8 Å². The molecule has 0 radical (unpaired) electrons. The van der Waals surface area contributed by atoms with Crippen molar-refractivity contribution in [3.63, 3.8) is 0 Å². The second kappa shape index (κ2) is 6.50. The minimum atomic E-state index is 0.557. The third-order valence-corrected chi connectivity index (χ3v) is 4.15. The molecule has 0 amide bonds. The van der Waals surface area contributed by atoms with Crippen LogP contribution in [0.3, 0.4) is 0 Å². The number of hydrogen-bond donors (Lipinski definition) is 1. The van der Waals surface area contributed by atoms with E-state index in [9.17, 15) is 0 Å². The summed E-state index contributed by atoms with van der Waals surface area (Å²) in [6.07, 6.45) is 1.15. The van der Waals surface area contributed by atoms with Gasteiger partial charge in [0.2, 0.25) is 0 Å².